The zero-order valence-corrected chi connectivity index (χ0v) is 19.2. The molecule has 1 aromatic heterocycles. The van der Waals surface area contributed by atoms with Gasteiger partial charge < -0.3 is 25.0 Å². The highest BCUT2D eigenvalue weighted by molar-refractivity contribution is 5.95. The van der Waals surface area contributed by atoms with E-state index >= 15 is 0 Å². The molecule has 1 amide bonds. The summed E-state index contributed by atoms with van der Waals surface area (Å²) in [7, 11) is 0. The molecule has 2 aliphatic rings. The Morgan fingerprint density at radius 2 is 1.94 bits per heavy atom. The maximum absolute atomic E-state index is 14.3. The van der Waals surface area contributed by atoms with E-state index in [0.717, 1.165) is 37.8 Å². The summed E-state index contributed by atoms with van der Waals surface area (Å²) >= 11 is 0. The summed E-state index contributed by atoms with van der Waals surface area (Å²) in [5.41, 5.74) is -1.00. The molecule has 0 unspecified atom stereocenters. The number of hydrogen-bond acceptors (Lipinski definition) is 6. The molecule has 2 aromatic rings. The summed E-state index contributed by atoms with van der Waals surface area (Å²) in [5, 5.41) is 19.9. The van der Waals surface area contributed by atoms with Crippen molar-refractivity contribution in [3.63, 3.8) is 0 Å². The minimum absolute atomic E-state index is 0.0140. The molecule has 4 rings (SSSR count). The number of hydrogen-bond donors (Lipinski definition) is 3. The Kier molecular flexibility index (Phi) is 8.08. The average Bonchev–Trinajstić information content (AvgIpc) is 3.23. The molecule has 1 aliphatic carbocycles. The number of alkyl halides is 3. The standard InChI is InChI=1S/C24H29F4N3O4/c25-20-10-15(4-5-19(20)24(26,27)28)22-18(13-29-12-14-6-8-34-9-7-14)21(31-35-22)23(33)30-16-2-1-3-17(32)11-16/h4-5,10,14,16-17,29,32H,1-3,6-9,11-13H2,(H,30,33)/t16-,17+/m0/s1. The summed E-state index contributed by atoms with van der Waals surface area (Å²) in [6.07, 6.45) is -0.920. The van der Waals surface area contributed by atoms with Gasteiger partial charge in [-0.25, -0.2) is 4.39 Å². The summed E-state index contributed by atoms with van der Waals surface area (Å²) in [5.74, 6) is -1.52. The summed E-state index contributed by atoms with van der Waals surface area (Å²) in [4.78, 5) is 13.0. The van der Waals surface area contributed by atoms with Crippen molar-refractivity contribution in [1.82, 2.24) is 15.8 Å². The fraction of sp³-hybridized carbons (Fsp3) is 0.583. The largest absolute Gasteiger partial charge is 0.419 e. The van der Waals surface area contributed by atoms with Crippen LogP contribution in [-0.2, 0) is 17.5 Å². The van der Waals surface area contributed by atoms with Gasteiger partial charge in [-0.2, -0.15) is 13.2 Å². The van der Waals surface area contributed by atoms with Crippen LogP contribution in [0.1, 0.15) is 60.1 Å². The molecule has 11 heteroatoms. The number of benzene rings is 1. The van der Waals surface area contributed by atoms with Crippen molar-refractivity contribution in [2.45, 2.75) is 63.4 Å². The molecule has 2 atom stereocenters. The highest BCUT2D eigenvalue weighted by Gasteiger charge is 2.35. The number of aliphatic hydroxyl groups is 1. The van der Waals surface area contributed by atoms with E-state index in [1.54, 1.807) is 0 Å². The molecule has 2 fully saturated rings. The number of rotatable bonds is 7. The first-order valence-corrected chi connectivity index (χ1v) is 11.9. The molecular formula is C24H29F4N3O4. The third-order valence-corrected chi connectivity index (χ3v) is 6.60. The molecule has 1 aliphatic heterocycles. The molecule has 0 radical (unpaired) electrons. The van der Waals surface area contributed by atoms with Crippen LogP contribution in [0.25, 0.3) is 11.3 Å². The Bertz CT molecular complexity index is 1020. The van der Waals surface area contributed by atoms with E-state index in [1.165, 1.54) is 0 Å². The van der Waals surface area contributed by atoms with Gasteiger partial charge in [-0.1, -0.05) is 11.2 Å². The van der Waals surface area contributed by atoms with E-state index in [4.69, 9.17) is 9.26 Å². The van der Waals surface area contributed by atoms with Gasteiger partial charge in [-0.05, 0) is 63.1 Å². The quantitative estimate of drug-likeness (QED) is 0.498. The molecule has 192 valence electrons. The first kappa shape index (κ1) is 25.6. The molecule has 7 nitrogen and oxygen atoms in total. The lowest BCUT2D eigenvalue weighted by atomic mass is 9.93. The van der Waals surface area contributed by atoms with E-state index in [-0.39, 0.29) is 29.6 Å². The topological polar surface area (TPSA) is 96.6 Å². The van der Waals surface area contributed by atoms with E-state index < -0.39 is 29.6 Å². The molecule has 0 spiro atoms. The lowest BCUT2D eigenvalue weighted by Crippen LogP contribution is -2.40. The third kappa shape index (κ3) is 6.39. The lowest BCUT2D eigenvalue weighted by molar-refractivity contribution is -0.139. The average molecular weight is 500 g/mol. The van der Waals surface area contributed by atoms with Crippen molar-refractivity contribution in [2.24, 2.45) is 5.92 Å². The summed E-state index contributed by atoms with van der Waals surface area (Å²) in [6, 6.07) is 2.27. The first-order chi connectivity index (χ1) is 16.7. The minimum Gasteiger partial charge on any atom is -0.393 e. The Morgan fingerprint density at radius 3 is 2.63 bits per heavy atom. The zero-order valence-electron chi connectivity index (χ0n) is 19.2. The second-order valence-corrected chi connectivity index (χ2v) is 9.21. The maximum Gasteiger partial charge on any atom is 0.419 e. The van der Waals surface area contributed by atoms with Crippen LogP contribution >= 0.6 is 0 Å². The summed E-state index contributed by atoms with van der Waals surface area (Å²) in [6.45, 7) is 2.16. The Labute approximate surface area is 200 Å². The van der Waals surface area contributed by atoms with Crippen molar-refractivity contribution < 1.29 is 36.7 Å². The number of carbonyl (C=O) groups excluding carboxylic acids is 1. The van der Waals surface area contributed by atoms with Crippen LogP contribution < -0.4 is 10.6 Å². The highest BCUT2D eigenvalue weighted by atomic mass is 19.4. The molecule has 0 bridgehead atoms. The number of aromatic nitrogens is 1. The van der Waals surface area contributed by atoms with Crippen molar-refractivity contribution >= 4 is 5.91 Å². The highest BCUT2D eigenvalue weighted by Crippen LogP contribution is 2.35. The fourth-order valence-corrected chi connectivity index (χ4v) is 4.67. The predicted octanol–water partition coefficient (Wildman–Crippen LogP) is 4.05. The van der Waals surface area contributed by atoms with Crippen LogP contribution in [0.5, 0.6) is 0 Å². The summed E-state index contributed by atoms with van der Waals surface area (Å²) < 4.78 is 64.0. The number of aliphatic hydroxyl groups excluding tert-OH is 1. The van der Waals surface area contributed by atoms with Gasteiger partial charge in [0.25, 0.3) is 5.91 Å². The zero-order chi connectivity index (χ0) is 25.0. The number of ether oxygens (including phenoxy) is 1. The van der Waals surface area contributed by atoms with Crippen molar-refractivity contribution in [1.29, 1.82) is 0 Å². The van der Waals surface area contributed by atoms with Gasteiger partial charge in [-0.3, -0.25) is 4.79 Å². The van der Waals surface area contributed by atoms with E-state index in [1.807, 2.05) is 0 Å². The Hall–Kier alpha value is -2.50. The van der Waals surface area contributed by atoms with Gasteiger partial charge in [0, 0.05) is 36.9 Å². The number of nitrogens with zero attached hydrogens (tertiary/aromatic N) is 1. The second kappa shape index (κ2) is 11.0. The van der Waals surface area contributed by atoms with Gasteiger partial charge in [0.15, 0.2) is 11.5 Å². The molecule has 35 heavy (non-hydrogen) atoms. The molecular weight excluding hydrogens is 470 g/mol. The third-order valence-electron chi connectivity index (χ3n) is 6.60. The minimum atomic E-state index is -4.83. The normalized spacial score (nSPS) is 21.7. The molecule has 1 saturated carbocycles. The van der Waals surface area contributed by atoms with Crippen molar-refractivity contribution in [3.05, 3.63) is 40.8 Å². The monoisotopic (exact) mass is 499 g/mol. The van der Waals surface area contributed by atoms with Gasteiger partial charge in [0.05, 0.1) is 11.7 Å². The first-order valence-electron chi connectivity index (χ1n) is 11.9. The van der Waals surface area contributed by atoms with Gasteiger partial charge in [0.2, 0.25) is 0 Å². The lowest BCUT2D eigenvalue weighted by Gasteiger charge is -2.26. The van der Waals surface area contributed by atoms with Gasteiger partial charge >= 0.3 is 6.18 Å². The van der Waals surface area contributed by atoms with Crippen LogP contribution in [0.2, 0.25) is 0 Å². The van der Waals surface area contributed by atoms with E-state index in [2.05, 4.69) is 15.8 Å². The number of nitrogens with one attached hydrogen (secondary N) is 2. The predicted molar refractivity (Wildman–Crippen MR) is 118 cm³/mol. The van der Waals surface area contributed by atoms with Crippen LogP contribution in [0.15, 0.2) is 22.7 Å². The molecule has 1 saturated heterocycles. The second-order valence-electron chi connectivity index (χ2n) is 9.21. The van der Waals surface area contributed by atoms with Crippen LogP contribution in [0.3, 0.4) is 0 Å². The number of carbonyl (C=O) groups is 1. The van der Waals surface area contributed by atoms with Crippen LogP contribution in [-0.4, -0.2) is 48.1 Å². The molecule has 3 N–H and O–H groups in total. The smallest absolute Gasteiger partial charge is 0.393 e. The van der Waals surface area contributed by atoms with Crippen LogP contribution in [0, 0.1) is 11.7 Å². The fourth-order valence-electron chi connectivity index (χ4n) is 4.67. The SMILES string of the molecule is O=C(N[C@H]1CCC[C@@H](O)C1)c1noc(-c2ccc(C(F)(F)F)c(F)c2)c1CNCC1CCOCC1. The van der Waals surface area contributed by atoms with Gasteiger partial charge in [-0.15, -0.1) is 0 Å². The van der Waals surface area contributed by atoms with E-state index in [9.17, 15) is 27.5 Å². The molecule has 1 aromatic carbocycles. The van der Waals surface area contributed by atoms with Crippen molar-refractivity contribution in [2.75, 3.05) is 19.8 Å². The van der Waals surface area contributed by atoms with Gasteiger partial charge in [0.1, 0.15) is 5.82 Å². The molecule has 2 heterocycles. The Balaban J connectivity index is 1.57. The van der Waals surface area contributed by atoms with Crippen molar-refractivity contribution in [3.8, 4) is 11.3 Å². The maximum atomic E-state index is 14.3. The number of amides is 1. The number of halogens is 4. The van der Waals surface area contributed by atoms with E-state index in [0.29, 0.717) is 50.1 Å². The Morgan fingerprint density at radius 1 is 1.17 bits per heavy atom. The van der Waals surface area contributed by atoms with Crippen LogP contribution in [0.4, 0.5) is 17.6 Å².